The lowest BCUT2D eigenvalue weighted by Gasteiger charge is -2.12. The number of benzene rings is 1. The van der Waals surface area contributed by atoms with E-state index < -0.39 is 5.97 Å². The summed E-state index contributed by atoms with van der Waals surface area (Å²) in [5, 5.41) is 12.7. The topological polar surface area (TPSA) is 66.4 Å². The molecule has 1 amide bonds. The van der Waals surface area contributed by atoms with Gasteiger partial charge < -0.3 is 10.4 Å². The van der Waals surface area contributed by atoms with Crippen LogP contribution < -0.4 is 5.32 Å². The molecule has 2 saturated carbocycles. The van der Waals surface area contributed by atoms with Gasteiger partial charge in [-0.2, -0.15) is 0 Å². The Morgan fingerprint density at radius 2 is 1.86 bits per heavy atom. The summed E-state index contributed by atoms with van der Waals surface area (Å²) in [7, 11) is 0. The van der Waals surface area contributed by atoms with Gasteiger partial charge in [-0.1, -0.05) is 23.7 Å². The van der Waals surface area contributed by atoms with Crippen molar-refractivity contribution in [1.82, 2.24) is 5.32 Å². The van der Waals surface area contributed by atoms with E-state index in [-0.39, 0.29) is 29.7 Å². The number of carboxylic acids is 1. The third-order valence-corrected chi connectivity index (χ3v) is 4.81. The van der Waals surface area contributed by atoms with Gasteiger partial charge in [0.1, 0.15) is 0 Å². The van der Waals surface area contributed by atoms with Crippen LogP contribution in [0.2, 0.25) is 5.02 Å². The van der Waals surface area contributed by atoms with E-state index in [9.17, 15) is 9.59 Å². The molecule has 2 fully saturated rings. The minimum Gasteiger partial charge on any atom is -0.481 e. The zero-order valence-corrected chi connectivity index (χ0v) is 12.3. The lowest BCUT2D eigenvalue weighted by molar-refractivity contribution is -0.141. The average molecular weight is 308 g/mol. The zero-order valence-electron chi connectivity index (χ0n) is 11.6. The van der Waals surface area contributed by atoms with Crippen LogP contribution in [0.5, 0.6) is 0 Å². The fraction of sp³-hybridized carbons (Fsp3) is 0.500. The molecule has 1 aromatic rings. The molecule has 2 N–H and O–H groups in total. The van der Waals surface area contributed by atoms with Crippen molar-refractivity contribution in [2.24, 2.45) is 11.8 Å². The predicted octanol–water partition coefficient (Wildman–Crippen LogP) is 2.81. The molecular formula is C16H18ClNO3. The van der Waals surface area contributed by atoms with E-state index in [1.807, 2.05) is 24.3 Å². The molecule has 3 rings (SSSR count). The molecule has 0 bridgehead atoms. The zero-order chi connectivity index (χ0) is 15.0. The van der Waals surface area contributed by atoms with Crippen LogP contribution in [0, 0.1) is 11.8 Å². The van der Waals surface area contributed by atoms with Crippen molar-refractivity contribution >= 4 is 23.5 Å². The van der Waals surface area contributed by atoms with Crippen LogP contribution in [0.3, 0.4) is 0 Å². The van der Waals surface area contributed by atoms with Gasteiger partial charge in [-0.25, -0.2) is 0 Å². The van der Waals surface area contributed by atoms with Crippen LogP contribution >= 0.6 is 11.6 Å². The first-order valence-corrected chi connectivity index (χ1v) is 7.71. The fourth-order valence-corrected chi connectivity index (χ4v) is 3.33. The summed E-state index contributed by atoms with van der Waals surface area (Å²) in [5.74, 6) is -0.696. The standard InChI is InChI=1S/C16H18ClNO3/c17-11-4-1-9(2-5-11)13-8-14(13)15(19)18-12-6-3-10(7-12)16(20)21/h1-2,4-5,10,12-14H,3,6-8H2,(H,18,19)(H,20,21)/t10-,12+,13+,14-/m1/s1. The summed E-state index contributed by atoms with van der Waals surface area (Å²) >= 11 is 5.86. The first kappa shape index (κ1) is 14.4. The van der Waals surface area contributed by atoms with Gasteiger partial charge in [-0.05, 0) is 49.3 Å². The molecule has 4 nitrogen and oxygen atoms in total. The second-order valence-electron chi connectivity index (χ2n) is 6.05. The van der Waals surface area contributed by atoms with Gasteiger partial charge in [0.05, 0.1) is 5.92 Å². The molecule has 2 aliphatic rings. The molecule has 0 heterocycles. The molecule has 4 atom stereocenters. The minimum atomic E-state index is -0.753. The average Bonchev–Trinajstić information content (AvgIpc) is 3.11. The number of carboxylic acid groups (broad SMARTS) is 1. The molecule has 21 heavy (non-hydrogen) atoms. The van der Waals surface area contributed by atoms with Crippen molar-refractivity contribution in [3.05, 3.63) is 34.9 Å². The molecule has 1 aromatic carbocycles. The van der Waals surface area contributed by atoms with Crippen LogP contribution in [0.1, 0.15) is 37.2 Å². The highest BCUT2D eigenvalue weighted by molar-refractivity contribution is 6.30. The normalized spacial score (nSPS) is 30.9. The van der Waals surface area contributed by atoms with E-state index in [0.29, 0.717) is 17.9 Å². The number of nitrogens with one attached hydrogen (secondary N) is 1. The quantitative estimate of drug-likeness (QED) is 0.899. The van der Waals surface area contributed by atoms with Gasteiger partial charge in [-0.15, -0.1) is 0 Å². The van der Waals surface area contributed by atoms with E-state index in [4.69, 9.17) is 16.7 Å². The summed E-state index contributed by atoms with van der Waals surface area (Å²) in [5.41, 5.74) is 1.15. The maximum Gasteiger partial charge on any atom is 0.306 e. The Morgan fingerprint density at radius 1 is 1.14 bits per heavy atom. The van der Waals surface area contributed by atoms with E-state index >= 15 is 0 Å². The second kappa shape index (κ2) is 5.68. The van der Waals surface area contributed by atoms with Crippen molar-refractivity contribution in [2.75, 3.05) is 0 Å². The Bertz CT molecular complexity index is 557. The number of hydrogen-bond acceptors (Lipinski definition) is 2. The van der Waals surface area contributed by atoms with Crippen LogP contribution in [-0.2, 0) is 9.59 Å². The first-order chi connectivity index (χ1) is 10.0. The Balaban J connectivity index is 1.52. The highest BCUT2D eigenvalue weighted by Gasteiger charge is 2.44. The third-order valence-electron chi connectivity index (χ3n) is 4.55. The fourth-order valence-electron chi connectivity index (χ4n) is 3.21. The lowest BCUT2D eigenvalue weighted by atomic mass is 10.1. The Morgan fingerprint density at radius 3 is 2.48 bits per heavy atom. The predicted molar refractivity (Wildman–Crippen MR) is 79.2 cm³/mol. The highest BCUT2D eigenvalue weighted by Crippen LogP contribution is 2.47. The minimum absolute atomic E-state index is 0.0186. The Kier molecular flexibility index (Phi) is 3.89. The van der Waals surface area contributed by atoms with E-state index in [0.717, 1.165) is 18.4 Å². The number of rotatable bonds is 4. The Labute approximate surface area is 128 Å². The molecule has 0 spiro atoms. The molecule has 2 aliphatic carbocycles. The molecular weight excluding hydrogens is 290 g/mol. The molecule has 0 aliphatic heterocycles. The van der Waals surface area contributed by atoms with Gasteiger partial charge in [0.15, 0.2) is 0 Å². The SMILES string of the molecule is O=C(O)[C@@H]1CC[C@H](NC(=O)[C@@H]2C[C@H]2c2ccc(Cl)cc2)C1. The lowest BCUT2D eigenvalue weighted by Crippen LogP contribution is -2.34. The van der Waals surface area contributed by atoms with Gasteiger partial charge in [0.25, 0.3) is 0 Å². The summed E-state index contributed by atoms with van der Waals surface area (Å²) in [4.78, 5) is 23.1. The van der Waals surface area contributed by atoms with Crippen molar-refractivity contribution in [3.8, 4) is 0 Å². The summed E-state index contributed by atoms with van der Waals surface area (Å²) in [6.45, 7) is 0. The molecule has 0 saturated heterocycles. The molecule has 0 aromatic heterocycles. The third kappa shape index (κ3) is 3.21. The smallest absolute Gasteiger partial charge is 0.306 e. The van der Waals surface area contributed by atoms with Crippen LogP contribution in [0.4, 0.5) is 0 Å². The number of halogens is 1. The highest BCUT2D eigenvalue weighted by atomic mass is 35.5. The van der Waals surface area contributed by atoms with Gasteiger partial charge in [-0.3, -0.25) is 9.59 Å². The number of aliphatic carboxylic acids is 1. The monoisotopic (exact) mass is 307 g/mol. The second-order valence-corrected chi connectivity index (χ2v) is 6.49. The van der Waals surface area contributed by atoms with Crippen LogP contribution in [0.15, 0.2) is 24.3 Å². The van der Waals surface area contributed by atoms with Crippen molar-refractivity contribution in [2.45, 2.75) is 37.6 Å². The van der Waals surface area contributed by atoms with E-state index in [2.05, 4.69) is 5.32 Å². The van der Waals surface area contributed by atoms with E-state index in [1.54, 1.807) is 0 Å². The number of hydrogen-bond donors (Lipinski definition) is 2. The summed E-state index contributed by atoms with van der Waals surface area (Å²) < 4.78 is 0. The maximum absolute atomic E-state index is 12.2. The van der Waals surface area contributed by atoms with E-state index in [1.165, 1.54) is 0 Å². The molecule has 5 heteroatoms. The molecule has 112 valence electrons. The largest absolute Gasteiger partial charge is 0.481 e. The maximum atomic E-state index is 12.2. The molecule has 0 unspecified atom stereocenters. The molecule has 0 radical (unpaired) electrons. The number of amides is 1. The van der Waals surface area contributed by atoms with Crippen LogP contribution in [-0.4, -0.2) is 23.0 Å². The first-order valence-electron chi connectivity index (χ1n) is 7.33. The van der Waals surface area contributed by atoms with Crippen molar-refractivity contribution in [1.29, 1.82) is 0 Å². The van der Waals surface area contributed by atoms with Gasteiger partial charge >= 0.3 is 5.97 Å². The van der Waals surface area contributed by atoms with Gasteiger partial charge in [0.2, 0.25) is 5.91 Å². The van der Waals surface area contributed by atoms with Crippen molar-refractivity contribution < 1.29 is 14.7 Å². The number of carbonyl (C=O) groups excluding carboxylic acids is 1. The van der Waals surface area contributed by atoms with Crippen molar-refractivity contribution in [3.63, 3.8) is 0 Å². The summed E-state index contributed by atoms with van der Waals surface area (Å²) in [6, 6.07) is 7.65. The van der Waals surface area contributed by atoms with Crippen LogP contribution in [0.25, 0.3) is 0 Å². The Hall–Kier alpha value is -1.55. The van der Waals surface area contributed by atoms with Gasteiger partial charge in [0, 0.05) is 17.0 Å². The number of carbonyl (C=O) groups is 2. The summed E-state index contributed by atoms with van der Waals surface area (Å²) in [6.07, 6.45) is 2.84.